The van der Waals surface area contributed by atoms with Crippen molar-refractivity contribution in [1.82, 2.24) is 10.2 Å². The molecule has 2 rings (SSSR count). The van der Waals surface area contributed by atoms with Gasteiger partial charge in [-0.2, -0.15) is 16.9 Å². The smallest absolute Gasteiger partial charge is 0.313 e. The van der Waals surface area contributed by atoms with Gasteiger partial charge in [0.25, 0.3) is 0 Å². The Balaban J connectivity index is 1.99. The Kier molecular flexibility index (Phi) is 6.15. The maximum absolute atomic E-state index is 11.9. The maximum atomic E-state index is 11.9. The first-order valence-corrected chi connectivity index (χ1v) is 9.77. The summed E-state index contributed by atoms with van der Waals surface area (Å²) in [5.41, 5.74) is 1.13. The van der Waals surface area contributed by atoms with Crippen LogP contribution in [-0.4, -0.2) is 32.8 Å². The summed E-state index contributed by atoms with van der Waals surface area (Å²) in [5, 5.41) is 16.6. The van der Waals surface area contributed by atoms with Gasteiger partial charge in [-0.25, -0.2) is 0 Å². The zero-order chi connectivity index (χ0) is 17.8. The highest BCUT2D eigenvalue weighted by Gasteiger charge is 2.35. The van der Waals surface area contributed by atoms with Crippen LogP contribution in [0.4, 0.5) is 0 Å². The lowest BCUT2D eigenvalue weighted by Gasteiger charge is -2.27. The largest absolute Gasteiger partial charge is 0.481 e. The minimum atomic E-state index is -0.878. The number of hydrogen-bond acceptors (Lipinski definition) is 3. The van der Waals surface area contributed by atoms with E-state index in [1.54, 1.807) is 18.7 Å². The number of halogens is 1. The first-order valence-electron chi connectivity index (χ1n) is 7.82. The fourth-order valence-electron chi connectivity index (χ4n) is 2.51. The number of rotatable bonds is 8. The molecule has 0 bridgehead atoms. The van der Waals surface area contributed by atoms with Gasteiger partial charge in [0.2, 0.25) is 0 Å². The summed E-state index contributed by atoms with van der Waals surface area (Å²) < 4.78 is 0.904. The third-order valence-electron chi connectivity index (χ3n) is 4.42. The lowest BCUT2D eigenvalue weighted by molar-refractivity contribution is -0.143. The molecule has 0 fully saturated rings. The Morgan fingerprint density at radius 1 is 1.33 bits per heavy atom. The van der Waals surface area contributed by atoms with Gasteiger partial charge in [0.1, 0.15) is 0 Å². The highest BCUT2D eigenvalue weighted by molar-refractivity contribution is 9.10. The van der Waals surface area contributed by atoms with Crippen LogP contribution in [0.15, 0.2) is 41.1 Å². The lowest BCUT2D eigenvalue weighted by Crippen LogP contribution is -2.33. The van der Waals surface area contributed by atoms with Gasteiger partial charge >= 0.3 is 5.97 Å². The summed E-state index contributed by atoms with van der Waals surface area (Å²) in [6, 6.07) is 7.58. The number of carboxylic acid groups (broad SMARTS) is 1. The number of H-pyrrole nitrogens is 1. The van der Waals surface area contributed by atoms with Crippen LogP contribution in [0.5, 0.6) is 0 Å². The van der Waals surface area contributed by atoms with E-state index in [-0.39, 0.29) is 5.41 Å². The summed E-state index contributed by atoms with van der Waals surface area (Å²) >= 11 is 5.21. The van der Waals surface area contributed by atoms with E-state index >= 15 is 0 Å². The first-order chi connectivity index (χ1) is 11.3. The molecule has 1 atom stereocenters. The molecular formula is C18H23BrN2O2S. The van der Waals surface area contributed by atoms with Crippen molar-refractivity contribution in [2.24, 2.45) is 0 Å². The molecule has 0 aliphatic rings. The molecule has 0 radical (unpaired) electrons. The van der Waals surface area contributed by atoms with Gasteiger partial charge in [0.05, 0.1) is 11.6 Å². The van der Waals surface area contributed by atoms with Gasteiger partial charge in [0.15, 0.2) is 0 Å². The van der Waals surface area contributed by atoms with Gasteiger partial charge in [-0.15, -0.1) is 0 Å². The van der Waals surface area contributed by atoms with Crippen LogP contribution in [0.3, 0.4) is 0 Å². The summed E-state index contributed by atoms with van der Waals surface area (Å²) in [5.74, 6) is 0.924. The third-order valence-corrected chi connectivity index (χ3v) is 6.33. The molecule has 0 spiro atoms. The van der Waals surface area contributed by atoms with Crippen molar-refractivity contribution in [1.29, 1.82) is 0 Å². The number of aromatic nitrogens is 2. The van der Waals surface area contributed by atoms with Crippen LogP contribution < -0.4 is 0 Å². The molecule has 0 saturated carbocycles. The van der Waals surface area contributed by atoms with E-state index in [0.29, 0.717) is 6.42 Å². The monoisotopic (exact) mass is 410 g/mol. The highest BCUT2D eigenvalue weighted by Crippen LogP contribution is 2.33. The van der Waals surface area contributed by atoms with Gasteiger partial charge in [-0.1, -0.05) is 41.9 Å². The van der Waals surface area contributed by atoms with E-state index in [1.807, 2.05) is 36.7 Å². The maximum Gasteiger partial charge on any atom is 0.313 e. The second kappa shape index (κ2) is 7.74. The molecule has 4 nitrogen and oxygen atoms in total. The fourth-order valence-corrected chi connectivity index (χ4v) is 4.29. The number of nitrogens with zero attached hydrogens (tertiary/aromatic N) is 1. The lowest BCUT2D eigenvalue weighted by atomic mass is 9.80. The number of nitrogens with one attached hydrogen (secondary N) is 1. The number of thioether (sulfide) groups is 1. The summed E-state index contributed by atoms with van der Waals surface area (Å²) in [6.45, 7) is 6.16. The predicted molar refractivity (Wildman–Crippen MR) is 103 cm³/mol. The molecule has 0 saturated heterocycles. The number of aliphatic carboxylic acids is 1. The molecule has 130 valence electrons. The van der Waals surface area contributed by atoms with Crippen molar-refractivity contribution in [3.63, 3.8) is 0 Å². The van der Waals surface area contributed by atoms with E-state index in [9.17, 15) is 9.90 Å². The summed E-state index contributed by atoms with van der Waals surface area (Å²) in [6.07, 6.45) is 4.36. The number of aromatic amines is 1. The quantitative estimate of drug-likeness (QED) is 0.623. The third kappa shape index (κ3) is 4.42. The second-order valence-electron chi connectivity index (χ2n) is 6.82. The van der Waals surface area contributed by atoms with Gasteiger partial charge < -0.3 is 5.11 Å². The number of carbonyl (C=O) groups is 1. The highest BCUT2D eigenvalue weighted by atomic mass is 79.9. The van der Waals surface area contributed by atoms with Crippen LogP contribution in [0.2, 0.25) is 0 Å². The zero-order valence-electron chi connectivity index (χ0n) is 14.2. The molecule has 1 aromatic carbocycles. The molecule has 2 N–H and O–H groups in total. The van der Waals surface area contributed by atoms with Crippen LogP contribution in [0.25, 0.3) is 0 Å². The van der Waals surface area contributed by atoms with Crippen molar-refractivity contribution in [3.8, 4) is 0 Å². The molecular weight excluding hydrogens is 388 g/mol. The molecule has 6 heteroatoms. The van der Waals surface area contributed by atoms with E-state index < -0.39 is 11.4 Å². The average Bonchev–Trinajstić information content (AvgIpc) is 3.06. The molecule has 0 aliphatic carbocycles. The van der Waals surface area contributed by atoms with Gasteiger partial charge in [-0.05, 0) is 42.4 Å². The van der Waals surface area contributed by atoms with Gasteiger partial charge in [0, 0.05) is 21.8 Å². The first kappa shape index (κ1) is 19.1. The number of carboxylic acids is 1. The molecule has 1 heterocycles. The standard InChI is InChI=1S/C18H23BrN2O2S/c1-17(2,14-10-20-21-11-14)12-24-8-7-18(3,16(22)23)13-5-4-6-15(19)9-13/h4-6,9-11H,7-8,12H2,1-3H3,(H,20,21)(H,22,23). The van der Waals surface area contributed by atoms with E-state index in [4.69, 9.17) is 0 Å². The normalized spacial score (nSPS) is 14.3. The van der Waals surface area contributed by atoms with Crippen LogP contribution in [-0.2, 0) is 15.6 Å². The van der Waals surface area contributed by atoms with Crippen molar-refractivity contribution in [3.05, 3.63) is 52.3 Å². The van der Waals surface area contributed by atoms with Crippen molar-refractivity contribution >= 4 is 33.7 Å². The molecule has 0 amide bonds. The molecule has 24 heavy (non-hydrogen) atoms. The zero-order valence-corrected chi connectivity index (χ0v) is 16.6. The van der Waals surface area contributed by atoms with Crippen LogP contribution >= 0.6 is 27.7 Å². The topological polar surface area (TPSA) is 66.0 Å². The SMILES string of the molecule is CC(C)(CSCCC(C)(C(=O)O)c1cccc(Br)c1)c1cn[nH]c1. The van der Waals surface area contributed by atoms with Crippen LogP contribution in [0, 0.1) is 0 Å². The van der Waals surface area contributed by atoms with E-state index in [0.717, 1.165) is 21.5 Å². The minimum absolute atomic E-state index is 0.00701. The van der Waals surface area contributed by atoms with E-state index in [2.05, 4.69) is 40.0 Å². The average molecular weight is 411 g/mol. The Labute approximate surface area is 155 Å². The summed E-state index contributed by atoms with van der Waals surface area (Å²) in [4.78, 5) is 11.9. The van der Waals surface area contributed by atoms with Crippen molar-refractivity contribution in [2.75, 3.05) is 11.5 Å². The fraction of sp³-hybridized carbons (Fsp3) is 0.444. The molecule has 1 aromatic heterocycles. The van der Waals surface area contributed by atoms with Crippen molar-refractivity contribution in [2.45, 2.75) is 38.0 Å². The minimum Gasteiger partial charge on any atom is -0.481 e. The Morgan fingerprint density at radius 2 is 2.08 bits per heavy atom. The molecule has 0 aliphatic heterocycles. The molecule has 2 aromatic rings. The Bertz CT molecular complexity index is 688. The van der Waals surface area contributed by atoms with Gasteiger partial charge in [-0.3, -0.25) is 9.89 Å². The Hall–Kier alpha value is -1.27. The second-order valence-corrected chi connectivity index (χ2v) is 8.84. The molecule has 1 unspecified atom stereocenters. The predicted octanol–water partition coefficient (Wildman–Crippen LogP) is 4.62. The number of benzene rings is 1. The van der Waals surface area contributed by atoms with E-state index in [1.165, 1.54) is 5.56 Å². The number of hydrogen-bond donors (Lipinski definition) is 2. The summed E-state index contributed by atoms with van der Waals surface area (Å²) in [7, 11) is 0. The van der Waals surface area contributed by atoms with Crippen molar-refractivity contribution < 1.29 is 9.90 Å². The Morgan fingerprint density at radius 3 is 2.67 bits per heavy atom. The van der Waals surface area contributed by atoms with Crippen LogP contribution in [0.1, 0.15) is 38.3 Å².